The molecule has 5 heteroatoms. The molecule has 0 aliphatic heterocycles. The molecule has 1 amide bonds. The number of nitrogens with one attached hydrogen (secondary N) is 1. The fourth-order valence-electron chi connectivity index (χ4n) is 1.85. The van der Waals surface area contributed by atoms with Crippen LogP contribution in [0.2, 0.25) is 5.02 Å². The number of benzene rings is 1. The molecule has 1 N–H and O–H groups in total. The molecule has 0 saturated carbocycles. The van der Waals surface area contributed by atoms with Crippen molar-refractivity contribution in [2.45, 2.75) is 20.8 Å². The zero-order chi connectivity index (χ0) is 15.0. The number of carbonyl (C=O) groups is 1. The minimum absolute atomic E-state index is 0.0416. The zero-order valence-corrected chi connectivity index (χ0v) is 14.0. The Labute approximate surface area is 131 Å². The Morgan fingerprint density at radius 1 is 1.35 bits per heavy atom. The molecule has 0 unspecified atom stereocenters. The largest absolute Gasteiger partial charge is 0.325 e. The van der Waals surface area contributed by atoms with Crippen LogP contribution in [-0.4, -0.2) is 41.9 Å². The number of aryl methyl sites for hydroxylation is 1. The summed E-state index contributed by atoms with van der Waals surface area (Å²) in [5.74, 6) is 1.51. The van der Waals surface area contributed by atoms with Crippen LogP contribution in [0.3, 0.4) is 0 Å². The SMILES string of the molecule is CCN(CC)CCSCC(=O)Nc1ccc(Cl)cc1C. The van der Waals surface area contributed by atoms with Crippen molar-refractivity contribution in [1.29, 1.82) is 0 Å². The average molecular weight is 315 g/mol. The van der Waals surface area contributed by atoms with Crippen molar-refractivity contribution in [3.05, 3.63) is 28.8 Å². The predicted molar refractivity (Wildman–Crippen MR) is 89.9 cm³/mol. The minimum Gasteiger partial charge on any atom is -0.325 e. The number of hydrogen-bond acceptors (Lipinski definition) is 3. The number of rotatable bonds is 8. The molecule has 0 heterocycles. The van der Waals surface area contributed by atoms with Gasteiger partial charge in [-0.25, -0.2) is 0 Å². The summed E-state index contributed by atoms with van der Waals surface area (Å²) < 4.78 is 0. The lowest BCUT2D eigenvalue weighted by Crippen LogP contribution is -2.26. The van der Waals surface area contributed by atoms with Crippen LogP contribution in [-0.2, 0) is 4.79 Å². The molecule has 0 spiro atoms. The van der Waals surface area contributed by atoms with Gasteiger partial charge in [-0.1, -0.05) is 25.4 Å². The van der Waals surface area contributed by atoms with Crippen molar-refractivity contribution in [3.63, 3.8) is 0 Å². The first kappa shape index (κ1) is 17.3. The van der Waals surface area contributed by atoms with Crippen LogP contribution in [0.15, 0.2) is 18.2 Å². The Hall–Kier alpha value is -0.710. The van der Waals surface area contributed by atoms with E-state index in [1.54, 1.807) is 17.8 Å². The van der Waals surface area contributed by atoms with Crippen molar-refractivity contribution < 1.29 is 4.79 Å². The van der Waals surface area contributed by atoms with Gasteiger partial charge < -0.3 is 10.2 Å². The second-order valence-corrected chi connectivity index (χ2v) is 6.13. The summed E-state index contributed by atoms with van der Waals surface area (Å²) >= 11 is 7.56. The maximum Gasteiger partial charge on any atom is 0.234 e. The first-order valence-electron chi connectivity index (χ1n) is 6.92. The van der Waals surface area contributed by atoms with Gasteiger partial charge in [-0.2, -0.15) is 11.8 Å². The van der Waals surface area contributed by atoms with Gasteiger partial charge in [0.1, 0.15) is 0 Å². The van der Waals surface area contributed by atoms with E-state index >= 15 is 0 Å². The molecule has 0 aromatic heterocycles. The van der Waals surface area contributed by atoms with E-state index in [1.165, 1.54) is 0 Å². The summed E-state index contributed by atoms with van der Waals surface area (Å²) in [5.41, 5.74) is 1.82. The first-order chi connectivity index (χ1) is 9.56. The lowest BCUT2D eigenvalue weighted by Gasteiger charge is -2.17. The van der Waals surface area contributed by atoms with E-state index < -0.39 is 0 Å². The topological polar surface area (TPSA) is 32.3 Å². The maximum atomic E-state index is 11.9. The molecule has 0 radical (unpaired) electrons. The highest BCUT2D eigenvalue weighted by Crippen LogP contribution is 2.19. The normalized spacial score (nSPS) is 10.8. The van der Waals surface area contributed by atoms with E-state index in [0.717, 1.165) is 36.6 Å². The lowest BCUT2D eigenvalue weighted by atomic mass is 10.2. The Kier molecular flexibility index (Phi) is 8.04. The van der Waals surface area contributed by atoms with Crippen molar-refractivity contribution in [1.82, 2.24) is 4.90 Å². The number of anilines is 1. The predicted octanol–water partition coefficient (Wildman–Crippen LogP) is 3.66. The number of hydrogen-bond donors (Lipinski definition) is 1. The third-order valence-electron chi connectivity index (χ3n) is 3.14. The fourth-order valence-corrected chi connectivity index (χ4v) is 2.87. The monoisotopic (exact) mass is 314 g/mol. The molecule has 1 rings (SSSR count). The molecule has 3 nitrogen and oxygen atoms in total. The number of halogens is 1. The standard InChI is InChI=1S/C15H23ClN2OS/c1-4-18(5-2)8-9-20-11-15(19)17-14-7-6-13(16)10-12(14)3/h6-7,10H,4-5,8-9,11H2,1-3H3,(H,17,19). The average Bonchev–Trinajstić information content (AvgIpc) is 2.42. The van der Waals surface area contributed by atoms with Crippen LogP contribution >= 0.6 is 23.4 Å². The van der Waals surface area contributed by atoms with Gasteiger partial charge >= 0.3 is 0 Å². The van der Waals surface area contributed by atoms with E-state index in [2.05, 4.69) is 24.1 Å². The molecule has 1 aromatic rings. The van der Waals surface area contributed by atoms with Gasteiger partial charge in [-0.15, -0.1) is 0 Å². The Bertz CT molecular complexity index is 436. The molecular weight excluding hydrogens is 292 g/mol. The third-order valence-corrected chi connectivity index (χ3v) is 4.31. The zero-order valence-electron chi connectivity index (χ0n) is 12.4. The first-order valence-corrected chi connectivity index (χ1v) is 8.46. The van der Waals surface area contributed by atoms with Gasteiger partial charge in [-0.05, 0) is 43.8 Å². The molecular formula is C15H23ClN2OS. The molecule has 0 bridgehead atoms. The second kappa shape index (κ2) is 9.27. The number of nitrogens with zero attached hydrogens (tertiary/aromatic N) is 1. The summed E-state index contributed by atoms with van der Waals surface area (Å²) in [6.07, 6.45) is 0. The molecule has 0 fully saturated rings. The molecule has 0 aliphatic carbocycles. The lowest BCUT2D eigenvalue weighted by molar-refractivity contribution is -0.113. The number of carbonyl (C=O) groups excluding carboxylic acids is 1. The van der Waals surface area contributed by atoms with Crippen LogP contribution < -0.4 is 5.32 Å². The summed E-state index contributed by atoms with van der Waals surface area (Å²) in [6.45, 7) is 9.41. The second-order valence-electron chi connectivity index (χ2n) is 4.59. The molecule has 0 atom stereocenters. The van der Waals surface area contributed by atoms with Crippen LogP contribution in [0, 0.1) is 6.92 Å². The number of thioether (sulfide) groups is 1. The van der Waals surface area contributed by atoms with E-state index in [9.17, 15) is 4.79 Å². The Morgan fingerprint density at radius 3 is 2.65 bits per heavy atom. The fraction of sp³-hybridized carbons (Fsp3) is 0.533. The van der Waals surface area contributed by atoms with Crippen LogP contribution in [0.25, 0.3) is 0 Å². The van der Waals surface area contributed by atoms with Gasteiger partial charge in [0.25, 0.3) is 0 Å². The summed E-state index contributed by atoms with van der Waals surface area (Å²) in [7, 11) is 0. The molecule has 20 heavy (non-hydrogen) atoms. The number of amides is 1. The van der Waals surface area contributed by atoms with Gasteiger partial charge in [0.05, 0.1) is 5.75 Å². The van der Waals surface area contributed by atoms with Crippen molar-refractivity contribution in [2.75, 3.05) is 36.5 Å². The highest BCUT2D eigenvalue weighted by atomic mass is 35.5. The van der Waals surface area contributed by atoms with Crippen LogP contribution in [0.4, 0.5) is 5.69 Å². The van der Waals surface area contributed by atoms with Crippen LogP contribution in [0.1, 0.15) is 19.4 Å². The quantitative estimate of drug-likeness (QED) is 0.743. The van der Waals surface area contributed by atoms with Crippen LogP contribution in [0.5, 0.6) is 0 Å². The van der Waals surface area contributed by atoms with Crippen molar-refractivity contribution in [2.24, 2.45) is 0 Å². The van der Waals surface area contributed by atoms with Gasteiger partial charge in [-0.3, -0.25) is 4.79 Å². The third kappa shape index (κ3) is 6.16. The van der Waals surface area contributed by atoms with E-state index in [4.69, 9.17) is 11.6 Å². The van der Waals surface area contributed by atoms with Gasteiger partial charge in [0.15, 0.2) is 0 Å². The molecule has 0 aliphatic rings. The van der Waals surface area contributed by atoms with E-state index in [0.29, 0.717) is 10.8 Å². The van der Waals surface area contributed by atoms with Crippen molar-refractivity contribution in [3.8, 4) is 0 Å². The van der Waals surface area contributed by atoms with Crippen molar-refractivity contribution >= 4 is 35.0 Å². The van der Waals surface area contributed by atoms with Gasteiger partial charge in [0.2, 0.25) is 5.91 Å². The van der Waals surface area contributed by atoms with E-state index in [-0.39, 0.29) is 5.91 Å². The molecule has 0 saturated heterocycles. The summed E-state index contributed by atoms with van der Waals surface area (Å²) in [6, 6.07) is 5.48. The Morgan fingerprint density at radius 2 is 2.05 bits per heavy atom. The molecule has 1 aromatic carbocycles. The summed E-state index contributed by atoms with van der Waals surface area (Å²) in [5, 5.41) is 3.61. The van der Waals surface area contributed by atoms with E-state index in [1.807, 2.05) is 19.1 Å². The summed E-state index contributed by atoms with van der Waals surface area (Å²) in [4.78, 5) is 14.2. The highest BCUT2D eigenvalue weighted by molar-refractivity contribution is 7.99. The Balaban J connectivity index is 2.30. The minimum atomic E-state index is 0.0416. The molecule has 112 valence electrons. The smallest absolute Gasteiger partial charge is 0.234 e. The maximum absolute atomic E-state index is 11.9. The van der Waals surface area contributed by atoms with Gasteiger partial charge in [0, 0.05) is 23.0 Å². The highest BCUT2D eigenvalue weighted by Gasteiger charge is 2.06.